The van der Waals surface area contributed by atoms with Gasteiger partial charge in [0.15, 0.2) is 0 Å². The highest BCUT2D eigenvalue weighted by Gasteiger charge is 2.69. The number of carbonyl (C=O) groups is 4. The SMILES string of the molecule is CON(C)C(=O)[C@H](C[C@@H]1CCNC1=O)NC(=O)[C@@H]1[C@@H]2[C@H](CN1C(=O)c1cc3ncccc3[nH]1)C2(C)C. The molecule has 192 valence electrons. The van der Waals surface area contributed by atoms with Crippen LogP contribution in [-0.2, 0) is 19.2 Å². The van der Waals surface area contributed by atoms with Crippen molar-refractivity contribution in [2.24, 2.45) is 23.2 Å². The molecule has 2 aromatic rings. The van der Waals surface area contributed by atoms with E-state index in [0.717, 1.165) is 10.6 Å². The number of hydroxylamine groups is 2. The molecule has 36 heavy (non-hydrogen) atoms. The van der Waals surface area contributed by atoms with Gasteiger partial charge in [-0.2, -0.15) is 0 Å². The molecule has 2 aromatic heterocycles. The van der Waals surface area contributed by atoms with Crippen LogP contribution in [0.25, 0.3) is 11.0 Å². The molecule has 11 heteroatoms. The minimum Gasteiger partial charge on any atom is -0.356 e. The van der Waals surface area contributed by atoms with Gasteiger partial charge in [0.25, 0.3) is 11.8 Å². The predicted octanol–water partition coefficient (Wildman–Crippen LogP) is 0.690. The van der Waals surface area contributed by atoms with Gasteiger partial charge in [0.1, 0.15) is 17.8 Å². The minimum absolute atomic E-state index is 0.0189. The summed E-state index contributed by atoms with van der Waals surface area (Å²) in [6.45, 7) is 5.20. The monoisotopic (exact) mass is 496 g/mol. The highest BCUT2D eigenvalue weighted by atomic mass is 16.7. The third-order valence-corrected chi connectivity index (χ3v) is 8.24. The van der Waals surface area contributed by atoms with E-state index in [1.807, 2.05) is 6.07 Å². The molecule has 5 rings (SSSR count). The molecule has 2 aliphatic heterocycles. The summed E-state index contributed by atoms with van der Waals surface area (Å²) in [7, 11) is 2.83. The fourth-order valence-corrected chi connectivity index (χ4v) is 5.96. The van der Waals surface area contributed by atoms with E-state index in [4.69, 9.17) is 4.84 Å². The van der Waals surface area contributed by atoms with Gasteiger partial charge in [0.05, 0.1) is 18.1 Å². The molecule has 3 fully saturated rings. The van der Waals surface area contributed by atoms with Crippen molar-refractivity contribution in [2.45, 2.75) is 38.8 Å². The second kappa shape index (κ2) is 8.88. The molecule has 4 amide bonds. The van der Waals surface area contributed by atoms with Crippen molar-refractivity contribution in [2.75, 3.05) is 27.2 Å². The molecule has 0 spiro atoms. The van der Waals surface area contributed by atoms with Crippen molar-refractivity contribution in [3.05, 3.63) is 30.1 Å². The largest absolute Gasteiger partial charge is 0.356 e. The molecule has 1 saturated carbocycles. The molecule has 0 radical (unpaired) electrons. The lowest BCUT2D eigenvalue weighted by atomic mass is 9.96. The molecular formula is C25H32N6O5. The van der Waals surface area contributed by atoms with Crippen LogP contribution in [0.1, 0.15) is 37.2 Å². The smallest absolute Gasteiger partial charge is 0.271 e. The van der Waals surface area contributed by atoms with Gasteiger partial charge in [-0.05, 0) is 48.3 Å². The molecule has 0 bridgehead atoms. The van der Waals surface area contributed by atoms with Gasteiger partial charge >= 0.3 is 0 Å². The molecule has 4 heterocycles. The van der Waals surface area contributed by atoms with Crippen LogP contribution in [0.3, 0.4) is 0 Å². The third kappa shape index (κ3) is 4.01. The standard InChI is InChI=1S/C25H32N6O5/c1-25(2)14-12-31(24(35)18-11-16-15(28-18)6-5-8-26-16)20(19(14)25)22(33)29-17(23(34)30(3)36-4)10-13-7-9-27-21(13)32/h5-6,8,11,13-14,17,19-20,28H,7,9-10,12H2,1-4H3,(H,27,32)(H,29,33)/t13-,14-,17-,19-,20-/m0/s1. The number of likely N-dealkylation sites (N-methyl/N-ethyl adjacent to an activating group) is 1. The molecule has 11 nitrogen and oxygen atoms in total. The van der Waals surface area contributed by atoms with E-state index in [2.05, 4.69) is 34.4 Å². The highest BCUT2D eigenvalue weighted by Crippen LogP contribution is 2.65. The number of hydrogen-bond donors (Lipinski definition) is 3. The Morgan fingerprint density at radius 2 is 2.14 bits per heavy atom. The zero-order valence-corrected chi connectivity index (χ0v) is 20.9. The van der Waals surface area contributed by atoms with Gasteiger partial charge in [0.2, 0.25) is 11.8 Å². The lowest BCUT2D eigenvalue weighted by Gasteiger charge is -2.32. The summed E-state index contributed by atoms with van der Waals surface area (Å²) in [5, 5.41) is 6.70. The number of nitrogens with one attached hydrogen (secondary N) is 3. The summed E-state index contributed by atoms with van der Waals surface area (Å²) in [6.07, 6.45) is 2.42. The topological polar surface area (TPSA) is 137 Å². The maximum Gasteiger partial charge on any atom is 0.271 e. The zero-order valence-electron chi connectivity index (χ0n) is 20.9. The number of likely N-dealkylation sites (tertiary alicyclic amines) is 1. The molecular weight excluding hydrogens is 464 g/mol. The molecule has 1 aliphatic carbocycles. The maximum absolute atomic E-state index is 13.7. The van der Waals surface area contributed by atoms with Gasteiger partial charge < -0.3 is 20.5 Å². The quantitative estimate of drug-likeness (QED) is 0.483. The van der Waals surface area contributed by atoms with E-state index < -0.39 is 23.9 Å². The number of H-pyrrole nitrogens is 1. The number of piperidine rings is 1. The summed E-state index contributed by atoms with van der Waals surface area (Å²) >= 11 is 0. The molecule has 2 saturated heterocycles. The van der Waals surface area contributed by atoms with Gasteiger partial charge in [-0.3, -0.25) is 29.0 Å². The van der Waals surface area contributed by atoms with E-state index in [1.165, 1.54) is 14.2 Å². The minimum atomic E-state index is -0.952. The number of fused-ring (bicyclic) bond motifs is 2. The average Bonchev–Trinajstić information content (AvgIpc) is 3.38. The van der Waals surface area contributed by atoms with Crippen LogP contribution in [0.5, 0.6) is 0 Å². The van der Waals surface area contributed by atoms with E-state index in [9.17, 15) is 19.2 Å². The Balaban J connectivity index is 1.39. The molecule has 3 N–H and O–H groups in total. The van der Waals surface area contributed by atoms with Crippen molar-refractivity contribution in [1.29, 1.82) is 0 Å². The fraction of sp³-hybridized carbons (Fsp3) is 0.560. The average molecular weight is 497 g/mol. The van der Waals surface area contributed by atoms with Crippen molar-refractivity contribution < 1.29 is 24.0 Å². The molecule has 0 unspecified atom stereocenters. The molecule has 5 atom stereocenters. The summed E-state index contributed by atoms with van der Waals surface area (Å²) in [6, 6.07) is 3.65. The number of aromatic amines is 1. The second-order valence-corrected chi connectivity index (χ2v) is 10.6. The van der Waals surface area contributed by atoms with Gasteiger partial charge in [-0.1, -0.05) is 13.8 Å². The molecule has 0 aromatic carbocycles. The number of aromatic nitrogens is 2. The summed E-state index contributed by atoms with van der Waals surface area (Å²) in [4.78, 5) is 66.5. The number of amides is 4. The zero-order chi connectivity index (χ0) is 25.8. The Morgan fingerprint density at radius 3 is 2.81 bits per heavy atom. The first-order valence-corrected chi connectivity index (χ1v) is 12.3. The van der Waals surface area contributed by atoms with Gasteiger partial charge in [0, 0.05) is 32.3 Å². The Hall–Kier alpha value is -3.47. The Morgan fingerprint density at radius 1 is 1.36 bits per heavy atom. The summed E-state index contributed by atoms with van der Waals surface area (Å²) < 4.78 is 0. The Bertz CT molecular complexity index is 1190. The fourth-order valence-electron chi connectivity index (χ4n) is 5.96. The van der Waals surface area contributed by atoms with Crippen LogP contribution in [-0.4, -0.2) is 82.9 Å². The van der Waals surface area contributed by atoms with E-state index in [0.29, 0.717) is 30.7 Å². The van der Waals surface area contributed by atoms with Crippen LogP contribution < -0.4 is 10.6 Å². The van der Waals surface area contributed by atoms with Crippen LogP contribution in [0.2, 0.25) is 0 Å². The van der Waals surface area contributed by atoms with Gasteiger partial charge in [-0.25, -0.2) is 5.06 Å². The van der Waals surface area contributed by atoms with E-state index in [1.54, 1.807) is 23.2 Å². The highest BCUT2D eigenvalue weighted by molar-refractivity contribution is 6.01. The Labute approximate surface area is 208 Å². The number of nitrogens with zero attached hydrogens (tertiary/aromatic N) is 3. The first-order chi connectivity index (χ1) is 17.1. The lowest BCUT2D eigenvalue weighted by molar-refractivity contribution is -0.172. The predicted molar refractivity (Wildman–Crippen MR) is 129 cm³/mol. The number of hydrogen-bond acceptors (Lipinski definition) is 6. The normalized spacial score (nSPS) is 26.9. The van der Waals surface area contributed by atoms with E-state index in [-0.39, 0.29) is 41.4 Å². The van der Waals surface area contributed by atoms with Crippen molar-refractivity contribution in [1.82, 2.24) is 30.6 Å². The van der Waals surface area contributed by atoms with E-state index >= 15 is 0 Å². The number of pyridine rings is 1. The number of rotatable bonds is 7. The van der Waals surface area contributed by atoms with Crippen molar-refractivity contribution in [3.8, 4) is 0 Å². The Kier molecular flexibility index (Phi) is 5.98. The first kappa shape index (κ1) is 24.2. The van der Waals surface area contributed by atoms with Crippen LogP contribution in [0.15, 0.2) is 24.4 Å². The van der Waals surface area contributed by atoms with Crippen LogP contribution >= 0.6 is 0 Å². The van der Waals surface area contributed by atoms with Crippen molar-refractivity contribution in [3.63, 3.8) is 0 Å². The number of carbonyl (C=O) groups excluding carboxylic acids is 4. The molecule has 3 aliphatic rings. The van der Waals surface area contributed by atoms with Crippen molar-refractivity contribution >= 4 is 34.7 Å². The maximum atomic E-state index is 13.7. The summed E-state index contributed by atoms with van der Waals surface area (Å²) in [5.74, 6) is -1.45. The third-order valence-electron chi connectivity index (χ3n) is 8.24. The first-order valence-electron chi connectivity index (χ1n) is 12.3. The van der Waals surface area contributed by atoms with Gasteiger partial charge in [-0.15, -0.1) is 0 Å². The van der Waals surface area contributed by atoms with Crippen LogP contribution in [0.4, 0.5) is 0 Å². The summed E-state index contributed by atoms with van der Waals surface area (Å²) in [5.41, 5.74) is 1.70. The van der Waals surface area contributed by atoms with Crippen LogP contribution in [0, 0.1) is 23.2 Å². The second-order valence-electron chi connectivity index (χ2n) is 10.6. The lowest BCUT2D eigenvalue weighted by Crippen LogP contribution is -2.55.